The highest BCUT2D eigenvalue weighted by Gasteiger charge is 2.33. The van der Waals surface area contributed by atoms with E-state index in [0.717, 1.165) is 17.5 Å². The Hall–Kier alpha value is -4.47. The van der Waals surface area contributed by atoms with Crippen LogP contribution in [-0.4, -0.2) is 47.9 Å². The van der Waals surface area contributed by atoms with Gasteiger partial charge in [-0.25, -0.2) is 0 Å². The molecule has 10 heteroatoms. The first-order chi connectivity index (χ1) is 18.5. The molecule has 202 valence electrons. The zero-order valence-corrected chi connectivity index (χ0v) is 21.2. The van der Waals surface area contributed by atoms with Crippen molar-refractivity contribution >= 4 is 28.5 Å². The molecule has 3 aromatic carbocycles. The van der Waals surface area contributed by atoms with Gasteiger partial charge in [0.2, 0.25) is 0 Å². The number of carbonyl (C=O) groups is 2. The zero-order valence-electron chi connectivity index (χ0n) is 21.2. The predicted molar refractivity (Wildman–Crippen MR) is 139 cm³/mol. The predicted octanol–water partition coefficient (Wildman–Crippen LogP) is 5.56. The lowest BCUT2D eigenvalue weighted by molar-refractivity contribution is -0.138. The third kappa shape index (κ3) is 5.27. The lowest BCUT2D eigenvalue weighted by Crippen LogP contribution is -2.41. The molecule has 0 saturated carbocycles. The fourth-order valence-corrected chi connectivity index (χ4v) is 4.82. The van der Waals surface area contributed by atoms with Gasteiger partial charge in [0.25, 0.3) is 5.91 Å². The molecule has 0 spiro atoms. The largest absolute Gasteiger partial charge is 0.490 e. The maximum atomic E-state index is 13.3. The molecule has 0 aliphatic carbocycles. The van der Waals surface area contributed by atoms with E-state index in [2.05, 4.69) is 0 Å². The van der Waals surface area contributed by atoms with Gasteiger partial charge >= 0.3 is 12.1 Å². The van der Waals surface area contributed by atoms with Gasteiger partial charge in [-0.3, -0.25) is 14.2 Å². The van der Waals surface area contributed by atoms with Crippen molar-refractivity contribution in [2.24, 2.45) is 0 Å². The molecule has 1 N–H and O–H groups in total. The SMILES string of the molecule is Cc1cc2c(CC(=O)O)cccc2n1C(=O)c1ccc(OCC2CN(C)c3cc(C(F)(F)F)ccc3O2)cc1. The Bertz CT molecular complexity index is 1560. The number of carbonyl (C=O) groups excluding carboxylic acids is 1. The van der Waals surface area contributed by atoms with E-state index >= 15 is 0 Å². The van der Waals surface area contributed by atoms with Gasteiger partial charge in [-0.1, -0.05) is 12.1 Å². The van der Waals surface area contributed by atoms with E-state index in [1.165, 1.54) is 6.07 Å². The van der Waals surface area contributed by atoms with E-state index in [1.807, 2.05) is 6.07 Å². The molecule has 5 rings (SSSR count). The minimum Gasteiger partial charge on any atom is -0.490 e. The van der Waals surface area contributed by atoms with Crippen LogP contribution in [0, 0.1) is 6.92 Å². The average molecular weight is 539 g/mol. The molecule has 0 bridgehead atoms. The second-order valence-electron chi connectivity index (χ2n) is 9.48. The van der Waals surface area contributed by atoms with Crippen molar-refractivity contribution in [3.8, 4) is 11.5 Å². The molecular weight excluding hydrogens is 513 g/mol. The van der Waals surface area contributed by atoms with Gasteiger partial charge in [0.1, 0.15) is 24.2 Å². The van der Waals surface area contributed by atoms with Gasteiger partial charge in [-0.15, -0.1) is 0 Å². The number of benzene rings is 3. The number of hydrogen-bond donors (Lipinski definition) is 1. The summed E-state index contributed by atoms with van der Waals surface area (Å²) in [6.45, 7) is 2.30. The standard InChI is InChI=1S/C29H25F3N2O5/c1-17-12-23-19(13-27(35)36)4-3-5-24(23)34(17)28(37)18-6-9-21(10-7-18)38-16-22-15-33(2)25-14-20(29(30,31)32)8-11-26(25)39-22/h3-12,14,22H,13,15-16H2,1-2H3,(H,35,36). The van der Waals surface area contributed by atoms with Crippen LogP contribution in [-0.2, 0) is 17.4 Å². The zero-order chi connectivity index (χ0) is 27.9. The fourth-order valence-electron chi connectivity index (χ4n) is 4.82. The number of aliphatic carboxylic acids is 1. The Balaban J connectivity index is 1.27. The highest BCUT2D eigenvalue weighted by molar-refractivity contribution is 6.04. The van der Waals surface area contributed by atoms with Crippen LogP contribution in [0.3, 0.4) is 0 Å². The maximum Gasteiger partial charge on any atom is 0.416 e. The number of aromatic nitrogens is 1. The van der Waals surface area contributed by atoms with E-state index in [-0.39, 0.29) is 18.9 Å². The second kappa shape index (κ2) is 10.0. The van der Waals surface area contributed by atoms with E-state index in [9.17, 15) is 27.9 Å². The lowest BCUT2D eigenvalue weighted by Gasteiger charge is -2.34. The van der Waals surface area contributed by atoms with Crippen LogP contribution >= 0.6 is 0 Å². The monoisotopic (exact) mass is 538 g/mol. The number of hydrogen-bond acceptors (Lipinski definition) is 5. The molecule has 7 nitrogen and oxygen atoms in total. The molecule has 0 saturated heterocycles. The number of fused-ring (bicyclic) bond motifs is 2. The van der Waals surface area contributed by atoms with Crippen LogP contribution in [0.1, 0.15) is 27.2 Å². The number of alkyl halides is 3. The van der Waals surface area contributed by atoms with Crippen LogP contribution < -0.4 is 14.4 Å². The van der Waals surface area contributed by atoms with Crippen LogP contribution in [0.2, 0.25) is 0 Å². The number of ether oxygens (including phenoxy) is 2. The molecule has 1 aliphatic rings. The highest BCUT2D eigenvalue weighted by atomic mass is 19.4. The molecule has 1 unspecified atom stereocenters. The van der Waals surface area contributed by atoms with Gasteiger partial charge < -0.3 is 19.5 Å². The molecule has 4 aromatic rings. The van der Waals surface area contributed by atoms with E-state index < -0.39 is 23.8 Å². The summed E-state index contributed by atoms with van der Waals surface area (Å²) in [6, 6.07) is 17.1. The van der Waals surface area contributed by atoms with E-state index in [1.54, 1.807) is 65.9 Å². The molecule has 1 aliphatic heterocycles. The Labute approximate surface area is 222 Å². The van der Waals surface area contributed by atoms with Crippen LogP contribution in [0.15, 0.2) is 66.7 Å². The Morgan fingerprint density at radius 3 is 2.51 bits per heavy atom. The quantitative estimate of drug-likeness (QED) is 0.346. The number of carboxylic acids is 1. The Morgan fingerprint density at radius 1 is 1.08 bits per heavy atom. The third-order valence-corrected chi connectivity index (χ3v) is 6.67. The number of likely N-dealkylation sites (N-methyl/N-ethyl adjacent to an activating group) is 1. The topological polar surface area (TPSA) is 81.0 Å². The Kier molecular flexibility index (Phi) is 6.71. The van der Waals surface area contributed by atoms with Crippen LogP contribution in [0.25, 0.3) is 10.9 Å². The molecule has 0 amide bonds. The lowest BCUT2D eigenvalue weighted by atomic mass is 10.1. The van der Waals surface area contributed by atoms with Gasteiger partial charge in [0.15, 0.2) is 0 Å². The van der Waals surface area contributed by atoms with Gasteiger partial charge in [-0.05, 0) is 67.1 Å². The molecule has 1 aromatic heterocycles. The number of anilines is 1. The summed E-state index contributed by atoms with van der Waals surface area (Å²) in [5.74, 6) is -0.338. The second-order valence-corrected chi connectivity index (χ2v) is 9.48. The van der Waals surface area contributed by atoms with Gasteiger partial charge in [0.05, 0.1) is 29.7 Å². The smallest absolute Gasteiger partial charge is 0.416 e. The average Bonchev–Trinajstić information content (AvgIpc) is 3.23. The molecule has 0 radical (unpaired) electrons. The number of halogens is 3. The van der Waals surface area contributed by atoms with Crippen molar-refractivity contribution in [2.45, 2.75) is 25.6 Å². The van der Waals surface area contributed by atoms with Crippen molar-refractivity contribution in [3.05, 3.63) is 89.1 Å². The molecule has 2 heterocycles. The summed E-state index contributed by atoms with van der Waals surface area (Å²) in [7, 11) is 1.70. The van der Waals surface area contributed by atoms with Crippen molar-refractivity contribution in [1.29, 1.82) is 0 Å². The third-order valence-electron chi connectivity index (χ3n) is 6.67. The van der Waals surface area contributed by atoms with Crippen molar-refractivity contribution in [1.82, 2.24) is 4.57 Å². The normalized spacial score (nSPS) is 15.1. The maximum absolute atomic E-state index is 13.3. The summed E-state index contributed by atoms with van der Waals surface area (Å²) in [5, 5.41) is 9.92. The van der Waals surface area contributed by atoms with Gasteiger partial charge in [0, 0.05) is 23.7 Å². The Morgan fingerprint density at radius 2 is 1.82 bits per heavy atom. The molecular formula is C29H25F3N2O5. The molecule has 1 atom stereocenters. The number of rotatable bonds is 6. The van der Waals surface area contributed by atoms with Gasteiger partial charge in [-0.2, -0.15) is 13.2 Å². The number of aryl methyl sites for hydroxylation is 1. The van der Waals surface area contributed by atoms with Crippen molar-refractivity contribution in [3.63, 3.8) is 0 Å². The summed E-state index contributed by atoms with van der Waals surface area (Å²) >= 11 is 0. The first-order valence-electron chi connectivity index (χ1n) is 12.2. The van der Waals surface area contributed by atoms with Crippen LogP contribution in [0.4, 0.5) is 18.9 Å². The summed E-state index contributed by atoms with van der Waals surface area (Å²) < 4.78 is 52.4. The summed E-state index contributed by atoms with van der Waals surface area (Å²) in [6.07, 6.45) is -4.98. The molecule has 0 fully saturated rings. The minimum absolute atomic E-state index is 0.137. The first-order valence-corrected chi connectivity index (χ1v) is 12.2. The van der Waals surface area contributed by atoms with E-state index in [4.69, 9.17) is 9.47 Å². The molecule has 39 heavy (non-hydrogen) atoms. The van der Waals surface area contributed by atoms with Crippen LogP contribution in [0.5, 0.6) is 11.5 Å². The highest BCUT2D eigenvalue weighted by Crippen LogP contribution is 2.38. The van der Waals surface area contributed by atoms with Crippen molar-refractivity contribution < 1.29 is 37.3 Å². The minimum atomic E-state index is -4.43. The first kappa shape index (κ1) is 26.1. The van der Waals surface area contributed by atoms with E-state index in [0.29, 0.717) is 46.1 Å². The fraction of sp³-hybridized carbons (Fsp3) is 0.241. The number of nitrogens with zero attached hydrogens (tertiary/aromatic N) is 2. The summed E-state index contributed by atoms with van der Waals surface area (Å²) in [4.78, 5) is 26.3. The van der Waals surface area contributed by atoms with Crippen molar-refractivity contribution in [2.75, 3.05) is 25.1 Å². The number of carboxylic acid groups (broad SMARTS) is 1. The summed E-state index contributed by atoms with van der Waals surface area (Å²) in [5.41, 5.74) is 2.02.